The number of unbranched alkanes of at least 4 members (excludes halogenated alkanes) is 15. The third-order valence-corrected chi connectivity index (χ3v) is 23.4. The average Bonchev–Trinajstić information content (AvgIpc) is 2.85. The molecular formula is C31H58OSn. The van der Waals surface area contributed by atoms with Crippen LogP contribution in [0, 0.1) is 0 Å². The van der Waals surface area contributed by atoms with E-state index in [1.165, 1.54) is 116 Å². The van der Waals surface area contributed by atoms with E-state index in [-0.39, 0.29) is 0 Å². The molecule has 192 valence electrons. The fourth-order valence-electron chi connectivity index (χ4n) is 5.48. The summed E-state index contributed by atoms with van der Waals surface area (Å²) in [5.41, 5.74) is 0. The summed E-state index contributed by atoms with van der Waals surface area (Å²) in [5, 5.41) is 0. The van der Waals surface area contributed by atoms with Crippen LogP contribution in [0.4, 0.5) is 0 Å². The first kappa shape index (κ1) is 30.8. The Kier molecular flexibility index (Phi) is 19.8. The molecule has 0 radical (unpaired) electrons. The molecule has 0 saturated heterocycles. The molecule has 0 saturated carbocycles. The topological polar surface area (TPSA) is 9.23 Å². The first-order valence-corrected chi connectivity index (χ1v) is 22.3. The van der Waals surface area contributed by atoms with Crippen LogP contribution in [0.1, 0.15) is 136 Å². The van der Waals surface area contributed by atoms with Crippen molar-refractivity contribution in [3.8, 4) is 5.75 Å². The summed E-state index contributed by atoms with van der Waals surface area (Å²) < 4.78 is 12.0. The van der Waals surface area contributed by atoms with Crippen molar-refractivity contribution >= 4 is 22.0 Å². The summed E-state index contributed by atoms with van der Waals surface area (Å²) in [6.07, 6.45) is 25.8. The van der Waals surface area contributed by atoms with E-state index in [1.54, 1.807) is 24.0 Å². The molecule has 0 spiro atoms. The number of methoxy groups -OCH3 is 1. The van der Waals surface area contributed by atoms with Crippen molar-refractivity contribution in [2.45, 2.75) is 150 Å². The molecule has 0 N–H and O–H groups in total. The van der Waals surface area contributed by atoms with E-state index < -0.39 is 18.4 Å². The van der Waals surface area contributed by atoms with Crippen molar-refractivity contribution in [1.82, 2.24) is 0 Å². The Hall–Kier alpha value is -0.181. The summed E-state index contributed by atoms with van der Waals surface area (Å²) in [6, 6.07) is 9.48. The molecule has 0 aliphatic rings. The van der Waals surface area contributed by atoms with E-state index >= 15 is 0 Å². The summed E-state index contributed by atoms with van der Waals surface area (Å²) in [4.78, 5) is 0. The van der Waals surface area contributed by atoms with Crippen molar-refractivity contribution in [2.24, 2.45) is 0 Å². The molecule has 0 amide bonds. The zero-order valence-corrected chi connectivity index (χ0v) is 25.9. The van der Waals surface area contributed by atoms with Crippen molar-refractivity contribution in [3.05, 3.63) is 24.3 Å². The molecule has 0 heterocycles. The summed E-state index contributed by atoms with van der Waals surface area (Å²) in [6.45, 7) is 6.98. The van der Waals surface area contributed by atoms with Gasteiger partial charge in [0.2, 0.25) is 0 Å². The molecule has 0 bridgehead atoms. The molecule has 0 unspecified atom stereocenters. The SMILES string of the molecule is CCCCCCC[CH2][Sn]([CH2]CCCCCCC)([CH2]CCCCCCC)[c]1ccc(OC)cc1. The molecule has 1 nitrogen and oxygen atoms in total. The second-order valence-corrected chi connectivity index (χ2v) is 23.8. The third-order valence-electron chi connectivity index (χ3n) is 7.73. The standard InChI is InChI=1S/3C8H17.C7H7O.Sn/c3*1-3-5-7-8-6-4-2;1-8-7-5-3-2-4-6-7;/h3*1,3-8H2,2H3;3-6H,1H3;. The van der Waals surface area contributed by atoms with Crippen molar-refractivity contribution in [2.75, 3.05) is 7.11 Å². The molecule has 1 rings (SSSR count). The molecule has 0 atom stereocenters. The Bertz CT molecular complexity index is 498. The van der Waals surface area contributed by atoms with Crippen LogP contribution in [0.2, 0.25) is 13.3 Å². The molecule has 0 fully saturated rings. The molecule has 0 aliphatic heterocycles. The number of benzene rings is 1. The van der Waals surface area contributed by atoms with Crippen LogP contribution in [0.3, 0.4) is 0 Å². The molecular weight excluding hydrogens is 507 g/mol. The van der Waals surface area contributed by atoms with E-state index in [1.807, 2.05) is 0 Å². The van der Waals surface area contributed by atoms with Gasteiger partial charge in [-0.25, -0.2) is 0 Å². The summed E-state index contributed by atoms with van der Waals surface area (Å²) >= 11 is -2.41. The van der Waals surface area contributed by atoms with Gasteiger partial charge in [0, 0.05) is 0 Å². The zero-order chi connectivity index (χ0) is 24.0. The van der Waals surface area contributed by atoms with Crippen LogP contribution in [-0.2, 0) is 0 Å². The Morgan fingerprint density at radius 2 is 0.818 bits per heavy atom. The maximum atomic E-state index is 5.51. The minimum absolute atomic E-state index is 1.03. The Morgan fingerprint density at radius 3 is 1.15 bits per heavy atom. The number of ether oxygens (including phenoxy) is 1. The quantitative estimate of drug-likeness (QED) is 0.0948. The fraction of sp³-hybridized carbons (Fsp3) is 0.806. The van der Waals surface area contributed by atoms with Crippen LogP contribution in [-0.4, -0.2) is 25.5 Å². The monoisotopic (exact) mass is 566 g/mol. The van der Waals surface area contributed by atoms with Gasteiger partial charge in [0.1, 0.15) is 0 Å². The Balaban J connectivity index is 2.84. The van der Waals surface area contributed by atoms with Gasteiger partial charge in [-0.15, -0.1) is 0 Å². The van der Waals surface area contributed by atoms with Crippen LogP contribution >= 0.6 is 0 Å². The van der Waals surface area contributed by atoms with E-state index in [0.717, 1.165) is 5.75 Å². The fourth-order valence-corrected chi connectivity index (χ4v) is 20.5. The normalized spacial score (nSPS) is 11.8. The first-order chi connectivity index (χ1) is 16.2. The first-order valence-electron chi connectivity index (χ1n) is 14.9. The van der Waals surface area contributed by atoms with Crippen LogP contribution in [0.25, 0.3) is 0 Å². The van der Waals surface area contributed by atoms with Crippen LogP contribution < -0.4 is 8.32 Å². The van der Waals surface area contributed by atoms with Crippen LogP contribution in [0.15, 0.2) is 24.3 Å². The Morgan fingerprint density at radius 1 is 0.485 bits per heavy atom. The molecule has 1 aromatic carbocycles. The van der Waals surface area contributed by atoms with Gasteiger partial charge in [0.05, 0.1) is 0 Å². The third kappa shape index (κ3) is 14.1. The summed E-state index contributed by atoms with van der Waals surface area (Å²) in [7, 11) is 1.80. The van der Waals surface area contributed by atoms with E-state index in [4.69, 9.17) is 4.74 Å². The number of rotatable bonds is 23. The second kappa shape index (κ2) is 21.1. The number of hydrogen-bond donors (Lipinski definition) is 0. The Labute approximate surface area is 212 Å². The van der Waals surface area contributed by atoms with Gasteiger partial charge in [0.15, 0.2) is 0 Å². The van der Waals surface area contributed by atoms with E-state index in [0.29, 0.717) is 0 Å². The summed E-state index contributed by atoms with van der Waals surface area (Å²) in [5.74, 6) is 1.03. The van der Waals surface area contributed by atoms with Gasteiger partial charge >= 0.3 is 213 Å². The maximum absolute atomic E-state index is 5.51. The van der Waals surface area contributed by atoms with Gasteiger partial charge in [0.25, 0.3) is 0 Å². The molecule has 2 heteroatoms. The average molecular weight is 566 g/mol. The molecule has 0 aromatic heterocycles. The number of hydrogen-bond acceptors (Lipinski definition) is 1. The zero-order valence-electron chi connectivity index (χ0n) is 23.1. The molecule has 33 heavy (non-hydrogen) atoms. The van der Waals surface area contributed by atoms with Gasteiger partial charge in [-0.3, -0.25) is 0 Å². The van der Waals surface area contributed by atoms with Gasteiger partial charge in [-0.2, -0.15) is 0 Å². The van der Waals surface area contributed by atoms with Crippen molar-refractivity contribution in [1.29, 1.82) is 0 Å². The van der Waals surface area contributed by atoms with Gasteiger partial charge in [-0.1, -0.05) is 0 Å². The minimum atomic E-state index is -2.41. The molecule has 0 aliphatic carbocycles. The van der Waals surface area contributed by atoms with E-state index in [9.17, 15) is 0 Å². The van der Waals surface area contributed by atoms with Gasteiger partial charge in [-0.05, 0) is 0 Å². The predicted octanol–water partition coefficient (Wildman–Crippen LogP) is 10.4. The van der Waals surface area contributed by atoms with Crippen LogP contribution in [0.5, 0.6) is 5.75 Å². The second-order valence-electron chi connectivity index (χ2n) is 10.6. The predicted molar refractivity (Wildman–Crippen MR) is 153 cm³/mol. The van der Waals surface area contributed by atoms with Gasteiger partial charge < -0.3 is 0 Å². The van der Waals surface area contributed by atoms with Crippen molar-refractivity contribution in [3.63, 3.8) is 0 Å². The van der Waals surface area contributed by atoms with E-state index in [2.05, 4.69) is 45.0 Å². The van der Waals surface area contributed by atoms with Crippen molar-refractivity contribution < 1.29 is 4.74 Å². The molecule has 1 aromatic rings.